The van der Waals surface area contributed by atoms with Crippen LogP contribution in [0.15, 0.2) is 0 Å². The second-order valence-electron chi connectivity index (χ2n) is 5.24. The molecule has 2 atom stereocenters. The van der Waals surface area contributed by atoms with Gasteiger partial charge < -0.3 is 15.5 Å². The van der Waals surface area contributed by atoms with Crippen molar-refractivity contribution >= 4 is 11.8 Å². The molecule has 2 aliphatic rings. The molecule has 1 saturated carbocycles. The van der Waals surface area contributed by atoms with Crippen LogP contribution >= 0.6 is 0 Å². The highest BCUT2D eigenvalue weighted by Gasteiger charge is 2.36. The van der Waals surface area contributed by atoms with Crippen LogP contribution in [0.1, 0.15) is 39.5 Å². The smallest absolute Gasteiger partial charge is 0.242 e. The van der Waals surface area contributed by atoms with Crippen molar-refractivity contribution in [3.63, 3.8) is 0 Å². The molecule has 2 rings (SSSR count). The van der Waals surface area contributed by atoms with E-state index in [0.717, 1.165) is 12.8 Å². The number of piperidine rings is 1. The van der Waals surface area contributed by atoms with E-state index in [4.69, 9.17) is 0 Å². The van der Waals surface area contributed by atoms with E-state index >= 15 is 0 Å². The molecule has 5 heteroatoms. The van der Waals surface area contributed by atoms with Crippen LogP contribution in [0.25, 0.3) is 0 Å². The third-order valence-corrected chi connectivity index (χ3v) is 3.69. The highest BCUT2D eigenvalue weighted by molar-refractivity contribution is 5.90. The van der Waals surface area contributed by atoms with Gasteiger partial charge in [0.05, 0.1) is 6.04 Å². The van der Waals surface area contributed by atoms with Gasteiger partial charge in [0.2, 0.25) is 11.8 Å². The summed E-state index contributed by atoms with van der Waals surface area (Å²) in [6.07, 6.45) is 4.22. The Morgan fingerprint density at radius 3 is 2.78 bits per heavy atom. The zero-order valence-corrected chi connectivity index (χ0v) is 11.2. The minimum Gasteiger partial charge on any atom is -0.355 e. The molecule has 1 aliphatic carbocycles. The quantitative estimate of drug-likeness (QED) is 0.738. The number of rotatable bonds is 5. The lowest BCUT2D eigenvalue weighted by Gasteiger charge is -2.36. The number of amides is 2. The van der Waals surface area contributed by atoms with Crippen LogP contribution in [0.2, 0.25) is 0 Å². The summed E-state index contributed by atoms with van der Waals surface area (Å²) in [6.45, 7) is 5.00. The maximum Gasteiger partial charge on any atom is 0.242 e. The number of hydrogen-bond acceptors (Lipinski definition) is 3. The Balaban J connectivity index is 1.94. The first kappa shape index (κ1) is 13.3. The Hall–Kier alpha value is -1.10. The van der Waals surface area contributed by atoms with Gasteiger partial charge in [-0.3, -0.25) is 9.59 Å². The summed E-state index contributed by atoms with van der Waals surface area (Å²) >= 11 is 0. The van der Waals surface area contributed by atoms with Gasteiger partial charge in [0.15, 0.2) is 0 Å². The lowest BCUT2D eigenvalue weighted by molar-refractivity contribution is -0.143. The number of nitrogens with zero attached hydrogens (tertiary/aromatic N) is 1. The molecule has 1 heterocycles. The van der Waals surface area contributed by atoms with E-state index in [0.29, 0.717) is 19.1 Å². The third kappa shape index (κ3) is 3.02. The van der Waals surface area contributed by atoms with Gasteiger partial charge in [0.1, 0.15) is 6.04 Å². The van der Waals surface area contributed by atoms with Crippen molar-refractivity contribution in [2.45, 2.75) is 57.7 Å². The number of nitrogens with one attached hydrogen (secondary N) is 2. The maximum atomic E-state index is 12.3. The first-order valence-corrected chi connectivity index (χ1v) is 6.97. The summed E-state index contributed by atoms with van der Waals surface area (Å²) in [5, 5.41) is 6.15. The van der Waals surface area contributed by atoms with Gasteiger partial charge in [-0.2, -0.15) is 0 Å². The van der Waals surface area contributed by atoms with Crippen molar-refractivity contribution in [3.05, 3.63) is 0 Å². The lowest BCUT2D eigenvalue weighted by atomic mass is 10.0. The van der Waals surface area contributed by atoms with Crippen LogP contribution in [0.4, 0.5) is 0 Å². The Kier molecular flexibility index (Phi) is 4.22. The number of carbonyl (C=O) groups is 2. The van der Waals surface area contributed by atoms with Gasteiger partial charge in [-0.15, -0.1) is 0 Å². The average Bonchev–Trinajstić information content (AvgIpc) is 3.15. The molecule has 0 bridgehead atoms. The summed E-state index contributed by atoms with van der Waals surface area (Å²) in [4.78, 5) is 25.8. The summed E-state index contributed by atoms with van der Waals surface area (Å²) in [7, 11) is 0. The fourth-order valence-electron chi connectivity index (χ4n) is 2.44. The summed E-state index contributed by atoms with van der Waals surface area (Å²) in [6, 6.07) is 0.0862. The van der Waals surface area contributed by atoms with Crippen LogP contribution in [-0.4, -0.2) is 47.9 Å². The zero-order chi connectivity index (χ0) is 13.1. The molecule has 102 valence electrons. The molecule has 0 aromatic rings. The van der Waals surface area contributed by atoms with Gasteiger partial charge in [-0.25, -0.2) is 0 Å². The van der Waals surface area contributed by atoms with E-state index in [2.05, 4.69) is 10.6 Å². The minimum absolute atomic E-state index is 0.0575. The van der Waals surface area contributed by atoms with Gasteiger partial charge in [0.25, 0.3) is 0 Å². The Labute approximate surface area is 108 Å². The van der Waals surface area contributed by atoms with E-state index in [1.165, 1.54) is 12.8 Å². The van der Waals surface area contributed by atoms with E-state index in [-0.39, 0.29) is 23.9 Å². The maximum absolute atomic E-state index is 12.3. The van der Waals surface area contributed by atoms with Crippen molar-refractivity contribution in [1.29, 1.82) is 0 Å². The van der Waals surface area contributed by atoms with Crippen molar-refractivity contribution in [3.8, 4) is 0 Å². The summed E-state index contributed by atoms with van der Waals surface area (Å²) in [5.74, 6) is 0.0322. The molecule has 0 radical (unpaired) electrons. The molecule has 0 aromatic carbocycles. The van der Waals surface area contributed by atoms with Crippen molar-refractivity contribution in [1.82, 2.24) is 15.5 Å². The summed E-state index contributed by atoms with van der Waals surface area (Å²) < 4.78 is 0. The molecule has 18 heavy (non-hydrogen) atoms. The highest BCUT2D eigenvalue weighted by atomic mass is 16.2. The number of hydrogen-bond donors (Lipinski definition) is 2. The number of likely N-dealkylation sites (tertiary alicyclic amines) is 1. The topological polar surface area (TPSA) is 61.4 Å². The predicted octanol–water partition coefficient (Wildman–Crippen LogP) is 0.254. The molecule has 1 saturated heterocycles. The molecule has 5 nitrogen and oxygen atoms in total. The Morgan fingerprint density at radius 2 is 2.17 bits per heavy atom. The molecule has 1 aliphatic heterocycles. The lowest BCUT2D eigenvalue weighted by Crippen LogP contribution is -2.57. The first-order chi connectivity index (χ1) is 8.63. The molecular weight excluding hydrogens is 230 g/mol. The zero-order valence-electron chi connectivity index (χ0n) is 11.2. The van der Waals surface area contributed by atoms with E-state index in [9.17, 15) is 9.59 Å². The monoisotopic (exact) mass is 253 g/mol. The second kappa shape index (κ2) is 5.69. The van der Waals surface area contributed by atoms with Gasteiger partial charge >= 0.3 is 0 Å². The van der Waals surface area contributed by atoms with Crippen LogP contribution in [-0.2, 0) is 9.59 Å². The molecule has 0 aromatic heterocycles. The molecule has 0 spiro atoms. The van der Waals surface area contributed by atoms with E-state index in [1.54, 1.807) is 4.90 Å². The van der Waals surface area contributed by atoms with Gasteiger partial charge in [0, 0.05) is 19.1 Å². The van der Waals surface area contributed by atoms with Crippen molar-refractivity contribution in [2.24, 2.45) is 0 Å². The SMILES string of the molecule is CCNC(=O)C(C)N1CCCC(NC2CC2)C1=O. The summed E-state index contributed by atoms with van der Waals surface area (Å²) in [5.41, 5.74) is 0. The van der Waals surface area contributed by atoms with Crippen LogP contribution in [0, 0.1) is 0 Å². The molecule has 2 amide bonds. The minimum atomic E-state index is -0.360. The Morgan fingerprint density at radius 1 is 1.44 bits per heavy atom. The van der Waals surface area contributed by atoms with Crippen LogP contribution < -0.4 is 10.6 Å². The second-order valence-corrected chi connectivity index (χ2v) is 5.24. The van der Waals surface area contributed by atoms with Crippen LogP contribution in [0.3, 0.4) is 0 Å². The van der Waals surface area contributed by atoms with Gasteiger partial charge in [-0.05, 0) is 39.5 Å². The fraction of sp³-hybridized carbons (Fsp3) is 0.846. The number of carbonyl (C=O) groups excluding carboxylic acids is 2. The molecular formula is C13H23N3O2. The predicted molar refractivity (Wildman–Crippen MR) is 69.0 cm³/mol. The van der Waals surface area contributed by atoms with E-state index < -0.39 is 0 Å². The van der Waals surface area contributed by atoms with Crippen LogP contribution in [0.5, 0.6) is 0 Å². The molecule has 2 fully saturated rings. The van der Waals surface area contributed by atoms with Gasteiger partial charge in [-0.1, -0.05) is 0 Å². The highest BCUT2D eigenvalue weighted by Crippen LogP contribution is 2.23. The largest absolute Gasteiger partial charge is 0.355 e. The first-order valence-electron chi connectivity index (χ1n) is 6.97. The average molecular weight is 253 g/mol. The van der Waals surface area contributed by atoms with Crippen molar-refractivity contribution in [2.75, 3.05) is 13.1 Å². The normalized spacial score (nSPS) is 26.0. The molecule has 2 N–H and O–H groups in total. The Bertz CT molecular complexity index is 328. The van der Waals surface area contributed by atoms with Crippen molar-refractivity contribution < 1.29 is 9.59 Å². The van der Waals surface area contributed by atoms with E-state index in [1.807, 2.05) is 13.8 Å². The fourth-order valence-corrected chi connectivity index (χ4v) is 2.44. The molecule has 2 unspecified atom stereocenters. The number of likely N-dealkylation sites (N-methyl/N-ethyl adjacent to an activating group) is 1. The third-order valence-electron chi connectivity index (χ3n) is 3.69. The standard InChI is InChI=1S/C13H23N3O2/c1-3-14-12(17)9(2)16-8-4-5-11(13(16)18)15-10-6-7-10/h9-11,15H,3-8H2,1-2H3,(H,14,17).